The second-order valence-corrected chi connectivity index (χ2v) is 7.22. The maximum atomic E-state index is 12.7. The molecule has 3 rings (SSSR count). The van der Waals surface area contributed by atoms with Gasteiger partial charge in [-0.1, -0.05) is 60.7 Å². The smallest absolute Gasteiger partial charge is 0.410 e. The summed E-state index contributed by atoms with van der Waals surface area (Å²) in [6.45, 7) is 2.30. The number of likely N-dealkylation sites (tertiary alicyclic amines) is 1. The fourth-order valence-corrected chi connectivity index (χ4v) is 3.28. The molecule has 7 heteroatoms. The lowest BCUT2D eigenvalue weighted by molar-refractivity contribution is -0.149. The van der Waals surface area contributed by atoms with Gasteiger partial charge in [0.2, 0.25) is 5.91 Å². The number of benzene rings is 2. The number of carbonyl (C=O) groups excluding carboxylic acids is 3. The molecule has 158 valence electrons. The quantitative estimate of drug-likeness (QED) is 0.709. The van der Waals surface area contributed by atoms with Gasteiger partial charge in [-0.25, -0.2) is 9.59 Å². The standard InChI is InChI=1S/C23H26N2O5/c1-17(22(27)29-15-18-9-4-2-5-10-18)24-21(26)20-13-8-14-25(20)23(28)30-16-19-11-6-3-7-12-19/h2-7,9-12,17,20H,8,13-16H2,1H3,(H,24,26)/t17-,20+/m0/s1. The minimum atomic E-state index is -0.816. The predicted octanol–water partition coefficient (Wildman–Crippen LogP) is 3.04. The Bertz CT molecular complexity index is 856. The molecular formula is C23H26N2O5. The van der Waals surface area contributed by atoms with E-state index in [-0.39, 0.29) is 19.1 Å². The average molecular weight is 410 g/mol. The van der Waals surface area contributed by atoms with Crippen LogP contribution < -0.4 is 5.32 Å². The molecule has 0 radical (unpaired) electrons. The van der Waals surface area contributed by atoms with Gasteiger partial charge in [-0.15, -0.1) is 0 Å². The van der Waals surface area contributed by atoms with E-state index in [0.29, 0.717) is 19.4 Å². The molecule has 0 unspecified atom stereocenters. The molecule has 0 aliphatic carbocycles. The first-order chi connectivity index (χ1) is 14.5. The molecule has 2 amide bonds. The summed E-state index contributed by atoms with van der Waals surface area (Å²) in [7, 11) is 0. The molecule has 1 aliphatic heterocycles. The van der Waals surface area contributed by atoms with Crippen LogP contribution in [0.1, 0.15) is 30.9 Å². The molecule has 0 spiro atoms. The lowest BCUT2D eigenvalue weighted by Gasteiger charge is -2.24. The lowest BCUT2D eigenvalue weighted by Crippen LogP contribution is -2.50. The molecule has 1 N–H and O–H groups in total. The zero-order valence-corrected chi connectivity index (χ0v) is 17.0. The molecule has 2 aromatic carbocycles. The van der Waals surface area contributed by atoms with Gasteiger partial charge in [0.05, 0.1) is 0 Å². The second kappa shape index (κ2) is 10.4. The highest BCUT2D eigenvalue weighted by atomic mass is 16.6. The Kier molecular flexibility index (Phi) is 7.43. The number of carbonyl (C=O) groups is 3. The van der Waals surface area contributed by atoms with Gasteiger partial charge in [0.1, 0.15) is 25.3 Å². The van der Waals surface area contributed by atoms with Crippen LogP contribution in [-0.4, -0.2) is 41.5 Å². The fourth-order valence-electron chi connectivity index (χ4n) is 3.28. The molecule has 1 saturated heterocycles. The number of hydrogen-bond acceptors (Lipinski definition) is 5. The van der Waals surface area contributed by atoms with E-state index in [1.165, 1.54) is 4.90 Å². The monoisotopic (exact) mass is 410 g/mol. The van der Waals surface area contributed by atoms with E-state index in [1.54, 1.807) is 6.92 Å². The molecular weight excluding hydrogens is 384 g/mol. The van der Waals surface area contributed by atoms with Crippen molar-refractivity contribution in [2.75, 3.05) is 6.54 Å². The Morgan fingerprint density at radius 3 is 2.13 bits per heavy atom. The summed E-state index contributed by atoms with van der Waals surface area (Å²) in [5, 5.41) is 2.65. The summed E-state index contributed by atoms with van der Waals surface area (Å²) in [6.07, 6.45) is 0.694. The molecule has 1 aliphatic rings. The SMILES string of the molecule is C[C@H](NC(=O)[C@H]1CCCN1C(=O)OCc1ccccc1)C(=O)OCc1ccccc1. The third-order valence-electron chi connectivity index (χ3n) is 4.93. The summed E-state index contributed by atoms with van der Waals surface area (Å²) >= 11 is 0. The normalized spacial score (nSPS) is 16.6. The van der Waals surface area contributed by atoms with Gasteiger partial charge in [-0.05, 0) is 30.9 Å². The van der Waals surface area contributed by atoms with Crippen LogP contribution in [-0.2, 0) is 32.3 Å². The molecule has 0 aromatic heterocycles. The van der Waals surface area contributed by atoms with E-state index in [4.69, 9.17) is 9.47 Å². The summed E-state index contributed by atoms with van der Waals surface area (Å²) in [6, 6.07) is 17.2. The first-order valence-electron chi connectivity index (χ1n) is 10.0. The summed E-state index contributed by atoms with van der Waals surface area (Å²) in [5.41, 5.74) is 1.74. The molecule has 30 heavy (non-hydrogen) atoms. The predicted molar refractivity (Wildman–Crippen MR) is 110 cm³/mol. The van der Waals surface area contributed by atoms with E-state index in [1.807, 2.05) is 60.7 Å². The van der Waals surface area contributed by atoms with Crippen molar-refractivity contribution < 1.29 is 23.9 Å². The van der Waals surface area contributed by atoms with Crippen LogP contribution in [0.4, 0.5) is 4.79 Å². The highest BCUT2D eigenvalue weighted by Gasteiger charge is 2.36. The number of esters is 1. The van der Waals surface area contributed by atoms with Crippen molar-refractivity contribution in [1.82, 2.24) is 10.2 Å². The van der Waals surface area contributed by atoms with Crippen LogP contribution in [0.25, 0.3) is 0 Å². The summed E-state index contributed by atoms with van der Waals surface area (Å²) in [4.78, 5) is 38.7. The summed E-state index contributed by atoms with van der Waals surface area (Å²) in [5.74, 6) is -0.906. The van der Waals surface area contributed by atoms with E-state index >= 15 is 0 Å². The zero-order chi connectivity index (χ0) is 21.3. The molecule has 0 bridgehead atoms. The molecule has 2 atom stereocenters. The maximum Gasteiger partial charge on any atom is 0.410 e. The Morgan fingerprint density at radius 2 is 1.53 bits per heavy atom. The van der Waals surface area contributed by atoms with Crippen molar-refractivity contribution in [1.29, 1.82) is 0 Å². The number of ether oxygens (including phenoxy) is 2. The molecule has 7 nitrogen and oxygen atoms in total. The van der Waals surface area contributed by atoms with Crippen molar-refractivity contribution in [3.05, 3.63) is 71.8 Å². The first kappa shape index (κ1) is 21.4. The van der Waals surface area contributed by atoms with Crippen molar-refractivity contribution in [2.24, 2.45) is 0 Å². The second-order valence-electron chi connectivity index (χ2n) is 7.22. The largest absolute Gasteiger partial charge is 0.459 e. The minimum absolute atomic E-state index is 0.140. The Hall–Kier alpha value is -3.35. The lowest BCUT2D eigenvalue weighted by atomic mass is 10.2. The van der Waals surface area contributed by atoms with Crippen molar-refractivity contribution in [2.45, 2.75) is 45.1 Å². The Morgan fingerprint density at radius 1 is 0.967 bits per heavy atom. The number of hydrogen-bond donors (Lipinski definition) is 1. The van der Waals surface area contributed by atoms with Gasteiger partial charge in [-0.3, -0.25) is 9.69 Å². The number of rotatable bonds is 7. The van der Waals surface area contributed by atoms with E-state index in [2.05, 4.69) is 5.32 Å². The topological polar surface area (TPSA) is 84.9 Å². The fraction of sp³-hybridized carbons (Fsp3) is 0.348. The molecule has 1 fully saturated rings. The molecule has 1 heterocycles. The van der Waals surface area contributed by atoms with Gasteiger partial charge in [-0.2, -0.15) is 0 Å². The van der Waals surface area contributed by atoms with Crippen LogP contribution in [0, 0.1) is 0 Å². The Labute approximate surface area is 176 Å². The molecule has 0 saturated carbocycles. The van der Waals surface area contributed by atoms with Gasteiger partial charge >= 0.3 is 12.1 Å². The van der Waals surface area contributed by atoms with Crippen LogP contribution in [0.3, 0.4) is 0 Å². The third kappa shape index (κ3) is 5.83. The molecule has 2 aromatic rings. The van der Waals surface area contributed by atoms with Crippen LogP contribution in [0.5, 0.6) is 0 Å². The van der Waals surface area contributed by atoms with Gasteiger partial charge in [0.25, 0.3) is 0 Å². The number of amides is 2. The third-order valence-corrected chi connectivity index (χ3v) is 4.93. The number of nitrogens with zero attached hydrogens (tertiary/aromatic N) is 1. The van der Waals surface area contributed by atoms with Gasteiger partial charge in [0, 0.05) is 6.54 Å². The maximum absolute atomic E-state index is 12.7. The van der Waals surface area contributed by atoms with Gasteiger partial charge < -0.3 is 14.8 Å². The van der Waals surface area contributed by atoms with Crippen molar-refractivity contribution >= 4 is 18.0 Å². The van der Waals surface area contributed by atoms with Crippen LogP contribution in [0.15, 0.2) is 60.7 Å². The average Bonchev–Trinajstić information content (AvgIpc) is 3.27. The van der Waals surface area contributed by atoms with Crippen molar-refractivity contribution in [3.8, 4) is 0 Å². The van der Waals surface area contributed by atoms with Crippen LogP contribution >= 0.6 is 0 Å². The van der Waals surface area contributed by atoms with E-state index in [9.17, 15) is 14.4 Å². The Balaban J connectivity index is 1.48. The van der Waals surface area contributed by atoms with E-state index in [0.717, 1.165) is 11.1 Å². The van der Waals surface area contributed by atoms with Gasteiger partial charge in [0.15, 0.2) is 0 Å². The number of nitrogens with one attached hydrogen (secondary N) is 1. The first-order valence-corrected chi connectivity index (χ1v) is 10.0. The van der Waals surface area contributed by atoms with E-state index < -0.39 is 24.1 Å². The van der Waals surface area contributed by atoms with Crippen LogP contribution in [0.2, 0.25) is 0 Å². The van der Waals surface area contributed by atoms with Crippen molar-refractivity contribution in [3.63, 3.8) is 0 Å². The minimum Gasteiger partial charge on any atom is -0.459 e. The highest BCUT2D eigenvalue weighted by Crippen LogP contribution is 2.19. The highest BCUT2D eigenvalue weighted by molar-refractivity contribution is 5.89. The zero-order valence-electron chi connectivity index (χ0n) is 17.0. The summed E-state index contributed by atoms with van der Waals surface area (Å²) < 4.78 is 10.6.